The fourth-order valence-electron chi connectivity index (χ4n) is 8.77. The zero-order valence-electron chi connectivity index (χ0n) is 44.8. The van der Waals surface area contributed by atoms with Crippen LogP contribution in [0.4, 0.5) is 26.2 Å². The summed E-state index contributed by atoms with van der Waals surface area (Å²) in [7, 11) is -6.51. The van der Waals surface area contributed by atoms with E-state index in [1.165, 1.54) is 114 Å². The molecular formula is C52H46Cl4F2N12O14S2. The SMILES string of the molecule is COCN(c1cccnn1)S(=O)(=O)c1cc(Cl)c(Oc2ccc(Cl)cc2-c2cn(C3CCCCO3)nc2[N+](=O)[O-])cc1F.COCn1ncccc1=NS(=O)(=O)c1cc(Cl)c(Oc2ccc(Cl)cc2-c2cn(C3CCCCO3)nc2[N+](=O)[O-])cc1F. The minimum atomic E-state index is -4.60. The van der Waals surface area contributed by atoms with E-state index in [-0.39, 0.29) is 83.4 Å². The van der Waals surface area contributed by atoms with Gasteiger partial charge < -0.3 is 48.6 Å². The summed E-state index contributed by atoms with van der Waals surface area (Å²) >= 11 is 25.2. The lowest BCUT2D eigenvalue weighted by atomic mass is 10.1. The lowest BCUT2D eigenvalue weighted by Crippen LogP contribution is -2.34. The molecule has 10 rings (SSSR count). The van der Waals surface area contributed by atoms with Gasteiger partial charge in [0.05, 0.1) is 32.6 Å². The highest BCUT2D eigenvalue weighted by atomic mass is 35.5. The molecule has 0 amide bonds. The lowest BCUT2D eigenvalue weighted by Gasteiger charge is -2.22. The molecule has 86 heavy (non-hydrogen) atoms. The highest BCUT2D eigenvalue weighted by Gasteiger charge is 2.34. The maximum Gasteiger partial charge on any atom is 0.398 e. The van der Waals surface area contributed by atoms with Crippen molar-refractivity contribution in [3.05, 3.63) is 167 Å². The van der Waals surface area contributed by atoms with Crippen molar-refractivity contribution in [3.8, 4) is 45.3 Å². The number of halogens is 6. The summed E-state index contributed by atoms with van der Waals surface area (Å²) in [5.74, 6) is -3.91. The molecule has 0 bridgehead atoms. The fraction of sp³-hybridized carbons (Fsp3) is 0.269. The third-order valence-electron chi connectivity index (χ3n) is 12.7. The maximum atomic E-state index is 15.5. The van der Waals surface area contributed by atoms with Crippen molar-refractivity contribution in [1.82, 2.24) is 39.5 Å². The molecule has 0 N–H and O–H groups in total. The molecule has 8 aromatic rings. The van der Waals surface area contributed by atoms with Crippen molar-refractivity contribution in [3.63, 3.8) is 0 Å². The van der Waals surface area contributed by atoms with Crippen LogP contribution < -0.4 is 19.3 Å². The van der Waals surface area contributed by atoms with E-state index in [9.17, 15) is 37.1 Å². The summed E-state index contributed by atoms with van der Waals surface area (Å²) in [6, 6.07) is 17.6. The molecule has 0 saturated carbocycles. The van der Waals surface area contributed by atoms with Crippen LogP contribution in [0.3, 0.4) is 0 Å². The Morgan fingerprint density at radius 1 is 0.674 bits per heavy atom. The first-order valence-corrected chi connectivity index (χ1v) is 29.8. The van der Waals surface area contributed by atoms with Gasteiger partial charge >= 0.3 is 11.6 Å². The number of rotatable bonds is 19. The molecule has 26 nitrogen and oxygen atoms in total. The van der Waals surface area contributed by atoms with Crippen LogP contribution in [0, 0.1) is 31.9 Å². The Hall–Kier alpha value is -7.78. The average Bonchev–Trinajstić information content (AvgIpc) is 1.69. The third kappa shape index (κ3) is 14.2. The Labute approximate surface area is 507 Å². The van der Waals surface area contributed by atoms with Gasteiger partial charge in [-0.25, -0.2) is 26.2 Å². The van der Waals surface area contributed by atoms with Crippen LogP contribution in [0.2, 0.25) is 20.1 Å². The van der Waals surface area contributed by atoms with Gasteiger partial charge in [0.2, 0.25) is 0 Å². The average molecular weight is 1310 g/mol. The van der Waals surface area contributed by atoms with E-state index >= 15 is 8.78 Å². The first-order chi connectivity index (χ1) is 41.2. The van der Waals surface area contributed by atoms with Crippen LogP contribution in [-0.4, -0.2) is 100 Å². The molecule has 34 heteroatoms. The van der Waals surface area contributed by atoms with Crippen LogP contribution in [-0.2, 0) is 45.7 Å². The van der Waals surface area contributed by atoms with Gasteiger partial charge in [-0.05, 0) is 121 Å². The largest absolute Gasteiger partial charge is 0.455 e. The van der Waals surface area contributed by atoms with Gasteiger partial charge in [-0.3, -0.25) is 0 Å². The zero-order chi connectivity index (χ0) is 61.5. The summed E-state index contributed by atoms with van der Waals surface area (Å²) in [6.45, 7) is 0.413. The third-order valence-corrected chi connectivity index (χ3v) is 16.8. The number of nitro groups is 2. The number of aromatic nitrogens is 8. The standard InChI is InChI=1S/2C26H23Cl2FN6O7S/c1-40-15-34-24(5-4-9-30-34)32-43(38,39)23-12-19(28)22(13-20(23)29)42-21-8-7-16(27)11-17(21)18-14-33(31-26(18)35(36)37)25-6-2-3-10-41-25;1-40-15-34(24-5-4-9-30-31-24)43(38,39)23-12-19(28)22(13-20(23)29)42-21-8-7-16(27)11-17(21)18-14-33(32-26(18)35(36)37)25-6-2-3-10-41-25/h2*4-5,7-9,11-14,25H,2-3,6,10,15H2,1H3. The van der Waals surface area contributed by atoms with E-state index in [0.717, 1.165) is 54.3 Å². The minimum Gasteiger partial charge on any atom is -0.455 e. The fourth-order valence-corrected chi connectivity index (χ4v) is 12.1. The first-order valence-electron chi connectivity index (χ1n) is 25.4. The van der Waals surface area contributed by atoms with Crippen molar-refractivity contribution in [2.45, 2.75) is 67.5 Å². The van der Waals surface area contributed by atoms with Gasteiger partial charge in [-0.15, -0.1) is 9.50 Å². The Morgan fingerprint density at radius 3 is 1.67 bits per heavy atom. The quantitative estimate of drug-likeness (QED) is 0.0412. The number of hydrogen-bond acceptors (Lipinski definition) is 19. The van der Waals surface area contributed by atoms with Crippen LogP contribution >= 0.6 is 46.4 Å². The van der Waals surface area contributed by atoms with Gasteiger partial charge in [0.1, 0.15) is 69.0 Å². The molecule has 2 unspecified atom stereocenters. The van der Waals surface area contributed by atoms with Crippen molar-refractivity contribution >= 4 is 83.9 Å². The molecule has 0 spiro atoms. The van der Waals surface area contributed by atoms with E-state index in [4.69, 9.17) is 74.8 Å². The highest BCUT2D eigenvalue weighted by molar-refractivity contribution is 7.92. The van der Waals surface area contributed by atoms with E-state index in [1.54, 1.807) is 0 Å². The summed E-state index contributed by atoms with van der Waals surface area (Å²) in [6.07, 6.45) is 9.45. The summed E-state index contributed by atoms with van der Waals surface area (Å²) in [4.78, 5) is 21.0. The van der Waals surface area contributed by atoms with Crippen LogP contribution in [0.5, 0.6) is 23.0 Å². The molecule has 6 heterocycles. The number of ether oxygens (including phenoxy) is 6. The molecule has 0 aliphatic carbocycles. The van der Waals surface area contributed by atoms with Crippen molar-refractivity contribution in [2.24, 2.45) is 4.40 Å². The summed E-state index contributed by atoms with van der Waals surface area (Å²) in [5.41, 5.74) is 0.387. The smallest absolute Gasteiger partial charge is 0.398 e. The summed E-state index contributed by atoms with van der Waals surface area (Å²) < 4.78 is 125. The molecule has 2 fully saturated rings. The normalized spacial score (nSPS) is 15.6. The van der Waals surface area contributed by atoms with Gasteiger partial charge in [0.15, 0.2) is 23.8 Å². The van der Waals surface area contributed by atoms with Crippen molar-refractivity contribution < 1.29 is 63.9 Å². The zero-order valence-corrected chi connectivity index (χ0v) is 49.4. The monoisotopic (exact) mass is 1300 g/mol. The van der Waals surface area contributed by atoms with Crippen molar-refractivity contribution in [1.29, 1.82) is 0 Å². The highest BCUT2D eigenvalue weighted by Crippen LogP contribution is 2.45. The maximum absolute atomic E-state index is 15.5. The Kier molecular flexibility index (Phi) is 19.9. The lowest BCUT2D eigenvalue weighted by molar-refractivity contribution is -0.389. The van der Waals surface area contributed by atoms with Gasteiger partial charge in [-0.1, -0.05) is 46.4 Å². The first kappa shape index (κ1) is 62.7. The second-order valence-electron chi connectivity index (χ2n) is 18.5. The molecule has 4 aromatic carbocycles. The minimum absolute atomic E-state index is 0.0223. The predicted octanol–water partition coefficient (Wildman–Crippen LogP) is 11.5. The number of methoxy groups -OCH3 is 2. The summed E-state index contributed by atoms with van der Waals surface area (Å²) in [5, 5.41) is 43.5. The molecule has 4 aromatic heterocycles. The van der Waals surface area contributed by atoms with Gasteiger partial charge in [0.25, 0.3) is 20.0 Å². The van der Waals surface area contributed by atoms with Crippen LogP contribution in [0.15, 0.2) is 124 Å². The van der Waals surface area contributed by atoms with Crippen molar-refractivity contribution in [2.75, 3.05) is 38.5 Å². The number of nitrogens with zero attached hydrogens (tertiary/aromatic N) is 12. The second kappa shape index (κ2) is 27.3. The molecular weight excluding hydrogens is 1260 g/mol. The molecule has 2 atom stereocenters. The number of benzene rings is 4. The molecule has 2 aliphatic rings. The number of anilines is 1. The topological polar surface area (TPSA) is 305 Å². The van der Waals surface area contributed by atoms with Gasteiger partial charge in [0, 0.05) is 73.1 Å². The number of sulfonamides is 2. The molecule has 0 radical (unpaired) electrons. The Morgan fingerprint density at radius 2 is 1.20 bits per heavy atom. The van der Waals surface area contributed by atoms with Crippen LogP contribution in [0.1, 0.15) is 51.0 Å². The predicted molar refractivity (Wildman–Crippen MR) is 305 cm³/mol. The van der Waals surface area contributed by atoms with E-state index < -0.39 is 82.1 Å². The molecule has 2 saturated heterocycles. The van der Waals surface area contributed by atoms with E-state index in [2.05, 4.69) is 29.9 Å². The molecule has 452 valence electrons. The Balaban J connectivity index is 0.000000205. The Bertz CT molecular complexity index is 4140. The molecule has 2 aliphatic heterocycles. The second-order valence-corrected chi connectivity index (χ2v) is 23.6. The number of hydrogen-bond donors (Lipinski definition) is 0. The van der Waals surface area contributed by atoms with Gasteiger partial charge in [-0.2, -0.15) is 28.0 Å². The van der Waals surface area contributed by atoms with E-state index in [1.807, 2.05) is 0 Å². The van der Waals surface area contributed by atoms with Crippen LogP contribution in [0.25, 0.3) is 22.3 Å². The van der Waals surface area contributed by atoms with E-state index in [0.29, 0.717) is 26.1 Å².